The van der Waals surface area contributed by atoms with Gasteiger partial charge in [0.1, 0.15) is 17.2 Å². The van der Waals surface area contributed by atoms with Crippen molar-refractivity contribution >= 4 is 52.4 Å². The summed E-state index contributed by atoms with van der Waals surface area (Å²) in [4.78, 5) is 23.8. The Morgan fingerprint density at radius 3 is 2.22 bits per heavy atom. The fourth-order valence-corrected chi connectivity index (χ4v) is 2.61. The van der Waals surface area contributed by atoms with Gasteiger partial charge in [0.05, 0.1) is 10.0 Å². The minimum atomic E-state index is -1.25. The van der Waals surface area contributed by atoms with E-state index in [1.54, 1.807) is 5.32 Å². The highest BCUT2D eigenvalue weighted by Gasteiger charge is 2.20. The van der Waals surface area contributed by atoms with Gasteiger partial charge in [0.15, 0.2) is 11.3 Å². The summed E-state index contributed by atoms with van der Waals surface area (Å²) in [6.07, 6.45) is 1.31. The van der Waals surface area contributed by atoms with Crippen LogP contribution in [0.1, 0.15) is 10.4 Å². The van der Waals surface area contributed by atoms with E-state index in [2.05, 4.69) is 11.9 Å². The molecule has 2 aromatic rings. The molecule has 0 fully saturated rings. The van der Waals surface area contributed by atoms with Crippen LogP contribution < -0.4 is 15.4 Å². The summed E-state index contributed by atoms with van der Waals surface area (Å²) in [7, 11) is 0. The number of carbonyl (C=O) groups is 2. The van der Waals surface area contributed by atoms with Crippen LogP contribution in [0.15, 0.2) is 43.0 Å². The number of alkyl halides is 1. The summed E-state index contributed by atoms with van der Waals surface area (Å²) in [6.45, 7) is 3.44. The number of anilines is 1. The molecule has 2 N–H and O–H groups in total. The Morgan fingerprint density at radius 2 is 1.70 bits per heavy atom. The smallest absolute Gasteiger partial charge is 0.326 e. The fraction of sp³-hybridized carbons (Fsp3) is 0.0588. The van der Waals surface area contributed by atoms with Crippen molar-refractivity contribution in [3.8, 4) is 5.75 Å². The molecule has 10 heteroatoms. The minimum Gasteiger partial charge on any atom is -0.468 e. The maximum absolute atomic E-state index is 13.6. The molecule has 0 aliphatic rings. The summed E-state index contributed by atoms with van der Waals surface area (Å²) < 4.78 is 32.4. The lowest BCUT2D eigenvalue weighted by Gasteiger charge is -2.14. The third-order valence-electron chi connectivity index (χ3n) is 3.09. The first kappa shape index (κ1) is 21.0. The zero-order chi connectivity index (χ0) is 20.1. The summed E-state index contributed by atoms with van der Waals surface area (Å²) >= 11 is 17.8. The summed E-state index contributed by atoms with van der Waals surface area (Å²) in [6, 6.07) is 4.38. The highest BCUT2D eigenvalue weighted by Crippen LogP contribution is 2.37. The number of ether oxygens (including phenoxy) is 1. The van der Waals surface area contributed by atoms with Gasteiger partial charge in [-0.1, -0.05) is 47.4 Å². The van der Waals surface area contributed by atoms with E-state index in [0.29, 0.717) is 0 Å². The zero-order valence-electron chi connectivity index (χ0n) is 13.4. The lowest BCUT2D eigenvalue weighted by atomic mass is 10.2. The van der Waals surface area contributed by atoms with Crippen molar-refractivity contribution in [3.63, 3.8) is 0 Å². The van der Waals surface area contributed by atoms with Crippen molar-refractivity contribution in [1.82, 2.24) is 5.32 Å². The SMILES string of the molecule is C=CC(Cl)Oc1c(Cl)cc(NC(=O)NC(=O)c2c(F)cccc2F)cc1Cl. The molecule has 142 valence electrons. The van der Waals surface area contributed by atoms with E-state index in [4.69, 9.17) is 39.5 Å². The van der Waals surface area contributed by atoms with Crippen LogP contribution in [0, 0.1) is 11.6 Å². The molecular weight excluding hydrogens is 425 g/mol. The molecule has 0 aliphatic heterocycles. The van der Waals surface area contributed by atoms with E-state index >= 15 is 0 Å². The topological polar surface area (TPSA) is 67.4 Å². The minimum absolute atomic E-state index is 0.0248. The molecule has 0 radical (unpaired) electrons. The Morgan fingerprint density at radius 1 is 1.15 bits per heavy atom. The van der Waals surface area contributed by atoms with Crippen molar-refractivity contribution in [2.24, 2.45) is 0 Å². The third kappa shape index (κ3) is 5.32. The Bertz CT molecular complexity index is 866. The number of hydrogen-bond donors (Lipinski definition) is 2. The third-order valence-corrected chi connectivity index (χ3v) is 3.92. The molecule has 0 heterocycles. The average Bonchev–Trinajstić information content (AvgIpc) is 2.57. The highest BCUT2D eigenvalue weighted by atomic mass is 35.5. The van der Waals surface area contributed by atoms with Crippen LogP contribution in [0.5, 0.6) is 5.75 Å². The summed E-state index contributed by atoms with van der Waals surface area (Å²) in [5.41, 5.74) is -1.66. The van der Waals surface area contributed by atoms with Gasteiger partial charge in [-0.15, -0.1) is 0 Å². The molecule has 1 atom stereocenters. The highest BCUT2D eigenvalue weighted by molar-refractivity contribution is 6.37. The van der Waals surface area contributed by atoms with Gasteiger partial charge in [-0.2, -0.15) is 0 Å². The fourth-order valence-electron chi connectivity index (χ4n) is 1.95. The predicted molar refractivity (Wildman–Crippen MR) is 99.8 cm³/mol. The summed E-state index contributed by atoms with van der Waals surface area (Å²) in [5, 5.41) is 4.11. The molecule has 3 amide bonds. The molecule has 5 nitrogen and oxygen atoms in total. The molecule has 0 aromatic heterocycles. The van der Waals surface area contributed by atoms with Gasteiger partial charge in [-0.25, -0.2) is 13.6 Å². The second-order valence-electron chi connectivity index (χ2n) is 4.98. The van der Waals surface area contributed by atoms with Crippen molar-refractivity contribution in [1.29, 1.82) is 0 Å². The number of halogens is 5. The number of hydrogen-bond acceptors (Lipinski definition) is 3. The largest absolute Gasteiger partial charge is 0.468 e. The Hall–Kier alpha value is -2.35. The van der Waals surface area contributed by atoms with E-state index in [9.17, 15) is 18.4 Å². The van der Waals surface area contributed by atoms with Crippen LogP contribution in [0.3, 0.4) is 0 Å². The van der Waals surface area contributed by atoms with E-state index in [0.717, 1.165) is 18.2 Å². The van der Waals surface area contributed by atoms with E-state index in [-0.39, 0.29) is 21.5 Å². The average molecular weight is 436 g/mol. The van der Waals surface area contributed by atoms with Gasteiger partial charge >= 0.3 is 6.03 Å². The molecule has 27 heavy (non-hydrogen) atoms. The number of rotatable bonds is 5. The van der Waals surface area contributed by atoms with Gasteiger partial charge in [0, 0.05) is 5.69 Å². The quantitative estimate of drug-likeness (QED) is 0.490. The second-order valence-corrected chi connectivity index (χ2v) is 6.22. The maximum atomic E-state index is 13.6. The van der Waals surface area contributed by atoms with E-state index in [1.807, 2.05) is 0 Å². The first-order chi connectivity index (χ1) is 12.7. The second kappa shape index (κ2) is 9.03. The number of carbonyl (C=O) groups excluding carboxylic acids is 2. The molecule has 1 unspecified atom stereocenters. The van der Waals surface area contributed by atoms with Gasteiger partial charge in [-0.05, 0) is 30.3 Å². The number of benzene rings is 2. The zero-order valence-corrected chi connectivity index (χ0v) is 15.6. The first-order valence-electron chi connectivity index (χ1n) is 7.21. The molecule has 0 saturated heterocycles. The van der Waals surface area contributed by atoms with Gasteiger partial charge in [0.25, 0.3) is 5.91 Å². The number of nitrogens with one attached hydrogen (secondary N) is 2. The molecule has 2 aromatic carbocycles. The van der Waals surface area contributed by atoms with Gasteiger partial charge in [-0.3, -0.25) is 10.1 Å². The van der Waals surface area contributed by atoms with Crippen LogP contribution in [-0.4, -0.2) is 17.5 Å². The van der Waals surface area contributed by atoms with Crippen molar-refractivity contribution in [2.45, 2.75) is 5.56 Å². The Labute approximate surface area is 167 Å². The molecule has 0 aliphatic carbocycles. The molecule has 0 saturated carbocycles. The van der Waals surface area contributed by atoms with Crippen LogP contribution in [-0.2, 0) is 0 Å². The monoisotopic (exact) mass is 434 g/mol. The lowest BCUT2D eigenvalue weighted by Crippen LogP contribution is -2.35. The normalized spacial score (nSPS) is 11.4. The summed E-state index contributed by atoms with van der Waals surface area (Å²) in [5.74, 6) is -3.40. The molecule has 2 rings (SSSR count). The van der Waals surface area contributed by atoms with Crippen molar-refractivity contribution < 1.29 is 23.1 Å². The Balaban J connectivity index is 2.12. The van der Waals surface area contributed by atoms with Crippen LogP contribution >= 0.6 is 34.8 Å². The lowest BCUT2D eigenvalue weighted by molar-refractivity contribution is 0.0959. The molecule has 0 bridgehead atoms. The number of imide groups is 1. The van der Waals surface area contributed by atoms with E-state index < -0.39 is 34.7 Å². The van der Waals surface area contributed by atoms with Gasteiger partial charge < -0.3 is 10.1 Å². The molecular formula is C17H11Cl3F2N2O3. The predicted octanol–water partition coefficient (Wildman–Crippen LogP) is 5.36. The molecule has 0 spiro atoms. The van der Waals surface area contributed by atoms with Crippen LogP contribution in [0.4, 0.5) is 19.3 Å². The Kier molecular flexibility index (Phi) is 7.01. The van der Waals surface area contributed by atoms with E-state index in [1.165, 1.54) is 18.2 Å². The van der Waals surface area contributed by atoms with Gasteiger partial charge in [0.2, 0.25) is 0 Å². The maximum Gasteiger partial charge on any atom is 0.326 e. The number of amides is 3. The van der Waals surface area contributed by atoms with Crippen LogP contribution in [0.25, 0.3) is 0 Å². The first-order valence-corrected chi connectivity index (χ1v) is 8.40. The van der Waals surface area contributed by atoms with Crippen LogP contribution in [0.2, 0.25) is 10.0 Å². The number of urea groups is 1. The standard InChI is InChI=1S/C17H11Cl3F2N2O3/c1-2-13(20)27-15-9(18)6-8(7-10(15)19)23-17(26)24-16(25)14-11(21)4-3-5-12(14)22/h2-7,13H,1H2,(H2,23,24,25,26). The van der Waals surface area contributed by atoms with Crippen molar-refractivity contribution in [2.75, 3.05) is 5.32 Å². The van der Waals surface area contributed by atoms with Crippen molar-refractivity contribution in [3.05, 3.63) is 70.2 Å².